The number of hydrazine groups is 1. The Morgan fingerprint density at radius 1 is 1.26 bits per heavy atom. The number of nitrogens with one attached hydrogen (secondary N) is 2. The number of rotatable bonds is 6. The molecule has 146 valence electrons. The second-order valence-corrected chi connectivity index (χ2v) is 7.74. The zero-order valence-corrected chi connectivity index (χ0v) is 16.0. The number of urea groups is 1. The Hall–Kier alpha value is -2.41. The van der Waals surface area contributed by atoms with Crippen LogP contribution in [0.2, 0.25) is 0 Å². The predicted octanol–water partition coefficient (Wildman–Crippen LogP) is 1.84. The molecule has 2 N–H and O–H groups in total. The van der Waals surface area contributed by atoms with Crippen LogP contribution in [0.15, 0.2) is 30.3 Å². The molecule has 1 aromatic rings. The van der Waals surface area contributed by atoms with Crippen molar-refractivity contribution in [3.8, 4) is 0 Å². The minimum Gasteiger partial charge on any atom is -0.322 e. The van der Waals surface area contributed by atoms with E-state index in [4.69, 9.17) is 0 Å². The summed E-state index contributed by atoms with van der Waals surface area (Å²) in [7, 11) is 0. The van der Waals surface area contributed by atoms with Crippen LogP contribution in [0.5, 0.6) is 0 Å². The third-order valence-electron chi connectivity index (χ3n) is 5.54. The normalized spacial score (nSPS) is 26.1. The van der Waals surface area contributed by atoms with Gasteiger partial charge in [-0.25, -0.2) is 4.79 Å². The number of aryl methyl sites for hydroxylation is 1. The third-order valence-corrected chi connectivity index (χ3v) is 5.54. The lowest BCUT2D eigenvalue weighted by Crippen LogP contribution is -2.52. The number of benzene rings is 1. The van der Waals surface area contributed by atoms with Crippen molar-refractivity contribution in [1.82, 2.24) is 20.7 Å². The number of carbonyl (C=O) groups excluding carboxylic acids is 3. The Morgan fingerprint density at radius 2 is 2.00 bits per heavy atom. The molecule has 0 aliphatic carbocycles. The average Bonchev–Trinajstić information content (AvgIpc) is 2.86. The monoisotopic (exact) mass is 372 g/mol. The Labute approximate surface area is 160 Å². The van der Waals surface area contributed by atoms with Crippen LogP contribution in [0.1, 0.15) is 45.1 Å². The van der Waals surface area contributed by atoms with E-state index < -0.39 is 17.5 Å². The summed E-state index contributed by atoms with van der Waals surface area (Å²) in [6, 6.07) is 9.57. The van der Waals surface area contributed by atoms with Gasteiger partial charge in [0.1, 0.15) is 5.54 Å². The van der Waals surface area contributed by atoms with Gasteiger partial charge in [-0.3, -0.25) is 19.9 Å². The first-order valence-corrected chi connectivity index (χ1v) is 9.63. The van der Waals surface area contributed by atoms with Crippen molar-refractivity contribution in [1.29, 1.82) is 0 Å². The van der Waals surface area contributed by atoms with Crippen molar-refractivity contribution < 1.29 is 14.4 Å². The summed E-state index contributed by atoms with van der Waals surface area (Å²) < 4.78 is 0. The number of imide groups is 1. The zero-order valence-electron chi connectivity index (χ0n) is 16.0. The topological polar surface area (TPSA) is 81.8 Å². The number of carbonyl (C=O) groups is 3. The van der Waals surface area contributed by atoms with E-state index in [2.05, 4.69) is 22.6 Å². The summed E-state index contributed by atoms with van der Waals surface area (Å²) >= 11 is 0. The summed E-state index contributed by atoms with van der Waals surface area (Å²) in [4.78, 5) is 39.5. The fourth-order valence-corrected chi connectivity index (χ4v) is 3.73. The minimum atomic E-state index is -1.02. The minimum absolute atomic E-state index is 0.193. The Balaban J connectivity index is 1.57. The molecule has 0 radical (unpaired) electrons. The number of hydrogen-bond donors (Lipinski definition) is 2. The summed E-state index contributed by atoms with van der Waals surface area (Å²) in [6.45, 7) is 4.86. The van der Waals surface area contributed by atoms with Gasteiger partial charge < -0.3 is 5.32 Å². The summed E-state index contributed by atoms with van der Waals surface area (Å²) in [5, 5.41) is 3.56. The largest absolute Gasteiger partial charge is 0.344 e. The van der Waals surface area contributed by atoms with Gasteiger partial charge in [-0.15, -0.1) is 0 Å². The van der Waals surface area contributed by atoms with Crippen molar-refractivity contribution in [2.45, 2.75) is 57.5 Å². The number of amides is 4. The maximum Gasteiger partial charge on any atom is 0.344 e. The lowest BCUT2D eigenvalue weighted by Gasteiger charge is -2.32. The molecule has 0 saturated carbocycles. The molecule has 2 fully saturated rings. The van der Waals surface area contributed by atoms with Gasteiger partial charge in [0, 0.05) is 6.04 Å². The smallest absolute Gasteiger partial charge is 0.322 e. The maximum atomic E-state index is 12.8. The molecule has 27 heavy (non-hydrogen) atoms. The van der Waals surface area contributed by atoms with Crippen molar-refractivity contribution in [2.75, 3.05) is 13.1 Å². The van der Waals surface area contributed by atoms with Crippen molar-refractivity contribution in [2.24, 2.45) is 0 Å². The van der Waals surface area contributed by atoms with Crippen LogP contribution >= 0.6 is 0 Å². The molecule has 2 aliphatic rings. The van der Waals surface area contributed by atoms with E-state index in [1.807, 2.05) is 30.3 Å². The molecule has 7 heteroatoms. The van der Waals surface area contributed by atoms with Gasteiger partial charge in [0.25, 0.3) is 11.8 Å². The van der Waals surface area contributed by atoms with E-state index in [1.54, 1.807) is 6.92 Å². The second-order valence-electron chi connectivity index (χ2n) is 7.74. The maximum absolute atomic E-state index is 12.8. The van der Waals surface area contributed by atoms with Crippen LogP contribution in [0.25, 0.3) is 0 Å². The number of nitrogens with zero attached hydrogens (tertiary/aromatic N) is 2. The molecule has 0 unspecified atom stereocenters. The number of piperidine rings is 1. The predicted molar refractivity (Wildman–Crippen MR) is 102 cm³/mol. The first kappa shape index (κ1) is 19.4. The van der Waals surface area contributed by atoms with Gasteiger partial charge in [-0.05, 0) is 51.6 Å². The van der Waals surface area contributed by atoms with Crippen LogP contribution in [0.4, 0.5) is 4.79 Å². The molecule has 1 aromatic carbocycles. The van der Waals surface area contributed by atoms with E-state index in [-0.39, 0.29) is 12.5 Å². The Morgan fingerprint density at radius 3 is 2.70 bits per heavy atom. The molecule has 2 saturated heterocycles. The molecule has 0 spiro atoms. The molecule has 0 bridgehead atoms. The van der Waals surface area contributed by atoms with Gasteiger partial charge in [-0.1, -0.05) is 36.8 Å². The first-order valence-electron chi connectivity index (χ1n) is 9.63. The lowest BCUT2D eigenvalue weighted by atomic mass is 9.93. The highest BCUT2D eigenvalue weighted by Crippen LogP contribution is 2.22. The van der Waals surface area contributed by atoms with E-state index >= 15 is 0 Å². The molecule has 2 aliphatic heterocycles. The van der Waals surface area contributed by atoms with E-state index in [1.165, 1.54) is 6.42 Å². The third kappa shape index (κ3) is 4.47. The average molecular weight is 372 g/mol. The first-order chi connectivity index (χ1) is 12.9. The van der Waals surface area contributed by atoms with Crippen LogP contribution < -0.4 is 10.7 Å². The summed E-state index contributed by atoms with van der Waals surface area (Å²) in [5.74, 6) is -0.747. The summed E-state index contributed by atoms with van der Waals surface area (Å²) in [5.41, 5.74) is 2.57. The quantitative estimate of drug-likeness (QED) is 0.747. The van der Waals surface area contributed by atoms with Crippen molar-refractivity contribution >= 4 is 17.8 Å². The standard InChI is InChI=1S/C20H28N4O3/c1-15-8-6-7-13-23(15)14-17(25)22-24-18(26)20(2,21-19(24)27)12-11-16-9-4-3-5-10-16/h3-5,9-10,15H,6-8,11-14H2,1-2H3,(H,21,27)(H,22,25)/t15-,20+/m0/s1. The fourth-order valence-electron chi connectivity index (χ4n) is 3.73. The highest BCUT2D eigenvalue weighted by Gasteiger charge is 2.48. The van der Waals surface area contributed by atoms with Gasteiger partial charge in [0.05, 0.1) is 6.54 Å². The highest BCUT2D eigenvalue weighted by molar-refractivity contribution is 6.07. The Bertz CT molecular complexity index is 708. The van der Waals surface area contributed by atoms with E-state index in [0.717, 1.165) is 30.0 Å². The fraction of sp³-hybridized carbons (Fsp3) is 0.550. The van der Waals surface area contributed by atoms with Crippen molar-refractivity contribution in [3.63, 3.8) is 0 Å². The SMILES string of the molecule is C[C@H]1CCCCN1CC(=O)NN1C(=O)N[C@](C)(CCc2ccccc2)C1=O. The van der Waals surface area contributed by atoms with Crippen LogP contribution in [0.3, 0.4) is 0 Å². The summed E-state index contributed by atoms with van der Waals surface area (Å²) in [6.07, 6.45) is 4.44. The molecular weight excluding hydrogens is 344 g/mol. The molecular formula is C20H28N4O3. The van der Waals surface area contributed by atoms with E-state index in [0.29, 0.717) is 18.9 Å². The zero-order chi connectivity index (χ0) is 19.4. The van der Waals surface area contributed by atoms with Gasteiger partial charge in [-0.2, -0.15) is 5.01 Å². The van der Waals surface area contributed by atoms with Crippen LogP contribution in [-0.4, -0.2) is 52.4 Å². The molecule has 2 atom stereocenters. The van der Waals surface area contributed by atoms with E-state index in [9.17, 15) is 14.4 Å². The van der Waals surface area contributed by atoms with Crippen LogP contribution in [0, 0.1) is 0 Å². The van der Waals surface area contributed by atoms with Crippen LogP contribution in [-0.2, 0) is 16.0 Å². The molecule has 3 rings (SSSR count). The Kier molecular flexibility index (Phi) is 5.79. The lowest BCUT2D eigenvalue weighted by molar-refractivity contribution is -0.139. The molecule has 4 amide bonds. The molecule has 7 nitrogen and oxygen atoms in total. The molecule has 0 aromatic heterocycles. The van der Waals surface area contributed by atoms with Gasteiger partial charge in [0.2, 0.25) is 0 Å². The second kappa shape index (κ2) is 8.08. The number of likely N-dealkylation sites (tertiary alicyclic amines) is 1. The number of hydrogen-bond acceptors (Lipinski definition) is 4. The van der Waals surface area contributed by atoms with Gasteiger partial charge in [0.15, 0.2) is 0 Å². The molecule has 2 heterocycles. The highest BCUT2D eigenvalue weighted by atomic mass is 16.2. The van der Waals surface area contributed by atoms with Gasteiger partial charge >= 0.3 is 6.03 Å². The van der Waals surface area contributed by atoms with Crippen molar-refractivity contribution in [3.05, 3.63) is 35.9 Å².